The molecule has 1 saturated heterocycles. The maximum atomic E-state index is 13.4. The van der Waals surface area contributed by atoms with Crippen LogP contribution in [0.4, 0.5) is 5.69 Å². The molecule has 0 bridgehead atoms. The number of sulfonamides is 1. The van der Waals surface area contributed by atoms with Gasteiger partial charge < -0.3 is 9.80 Å². The number of nitrogens with one attached hydrogen (secondary N) is 1. The Bertz CT molecular complexity index is 1030. The van der Waals surface area contributed by atoms with Crippen molar-refractivity contribution in [3.05, 3.63) is 23.8 Å². The van der Waals surface area contributed by atoms with Crippen molar-refractivity contribution < 1.29 is 18.0 Å². The summed E-state index contributed by atoms with van der Waals surface area (Å²) in [6, 6.07) is 4.70. The first-order valence-corrected chi connectivity index (χ1v) is 14.7. The highest BCUT2D eigenvalue weighted by Gasteiger charge is 2.35. The lowest BCUT2D eigenvalue weighted by Crippen LogP contribution is -2.57. The minimum absolute atomic E-state index is 0.0338. The average Bonchev–Trinajstić information content (AvgIpc) is 3.30. The molecule has 9 heteroatoms. The second kappa shape index (κ2) is 11.0. The number of fused-ring (bicyclic) bond motifs is 1. The van der Waals surface area contributed by atoms with Crippen LogP contribution >= 0.6 is 0 Å². The van der Waals surface area contributed by atoms with Gasteiger partial charge in [-0.25, -0.2) is 8.42 Å². The molecule has 2 fully saturated rings. The van der Waals surface area contributed by atoms with Crippen LogP contribution in [0.25, 0.3) is 0 Å². The molecule has 1 aliphatic carbocycles. The second-order valence-corrected chi connectivity index (χ2v) is 12.1. The molecule has 2 amide bonds. The van der Waals surface area contributed by atoms with E-state index in [1.54, 1.807) is 17.0 Å². The maximum Gasteiger partial charge on any atom is 0.241 e. The van der Waals surface area contributed by atoms with Crippen LogP contribution < -0.4 is 9.62 Å². The molecule has 1 aromatic carbocycles. The largest absolute Gasteiger partial charge is 0.339 e. The predicted octanol–water partition coefficient (Wildman–Crippen LogP) is 2.77. The number of carbonyl (C=O) groups excluding carboxylic acids is 2. The monoisotopic (exact) mass is 504 g/mol. The quantitative estimate of drug-likeness (QED) is 0.617. The molecular weight excluding hydrogens is 464 g/mol. The van der Waals surface area contributed by atoms with Gasteiger partial charge in [0.1, 0.15) is 6.04 Å². The Morgan fingerprint density at radius 1 is 1.03 bits per heavy atom. The van der Waals surface area contributed by atoms with E-state index in [1.165, 1.54) is 38.2 Å². The highest BCUT2D eigenvalue weighted by molar-refractivity contribution is 7.89. The van der Waals surface area contributed by atoms with Gasteiger partial charge in [-0.05, 0) is 48.9 Å². The molecule has 0 aromatic heterocycles. The summed E-state index contributed by atoms with van der Waals surface area (Å²) in [5, 5.41) is 0. The summed E-state index contributed by atoms with van der Waals surface area (Å²) in [4.78, 5) is 31.8. The number of piperazine rings is 1. The van der Waals surface area contributed by atoms with Crippen molar-refractivity contribution in [3.8, 4) is 0 Å². The number of benzene rings is 1. The number of rotatable bonds is 7. The van der Waals surface area contributed by atoms with Crippen molar-refractivity contribution in [1.29, 1.82) is 0 Å². The third kappa shape index (κ3) is 5.73. The molecule has 1 N–H and O–H groups in total. The van der Waals surface area contributed by atoms with Gasteiger partial charge in [-0.2, -0.15) is 4.72 Å². The Hall–Kier alpha value is -1.97. The van der Waals surface area contributed by atoms with E-state index >= 15 is 0 Å². The fraction of sp³-hybridized carbons (Fsp3) is 0.692. The Morgan fingerprint density at radius 3 is 2.34 bits per heavy atom. The Morgan fingerprint density at radius 2 is 1.71 bits per heavy atom. The molecular formula is C26H40N4O4S. The predicted molar refractivity (Wildman–Crippen MR) is 137 cm³/mol. The van der Waals surface area contributed by atoms with Crippen LogP contribution in [0.3, 0.4) is 0 Å². The van der Waals surface area contributed by atoms with Gasteiger partial charge in [0.2, 0.25) is 21.8 Å². The van der Waals surface area contributed by atoms with E-state index in [0.717, 1.165) is 24.3 Å². The molecule has 1 unspecified atom stereocenters. The van der Waals surface area contributed by atoms with Gasteiger partial charge >= 0.3 is 0 Å². The van der Waals surface area contributed by atoms with E-state index in [1.807, 2.05) is 25.7 Å². The summed E-state index contributed by atoms with van der Waals surface area (Å²) in [6.45, 7) is 9.12. The molecule has 1 aromatic rings. The molecule has 4 rings (SSSR count). The molecule has 2 heterocycles. The third-order valence-electron chi connectivity index (χ3n) is 7.79. The summed E-state index contributed by atoms with van der Waals surface area (Å²) in [6.07, 6.45) is 7.43. The SMILES string of the molecule is CCC(=O)N1CCc2cc(S(=O)(=O)NC(C(=O)N3CCN(C4CCCCC4)CC3)C(C)C)ccc21. The van der Waals surface area contributed by atoms with Crippen LogP contribution in [0.15, 0.2) is 23.1 Å². The van der Waals surface area contributed by atoms with Crippen molar-refractivity contribution in [3.63, 3.8) is 0 Å². The van der Waals surface area contributed by atoms with Gasteiger partial charge in [0.15, 0.2) is 0 Å². The number of nitrogens with zero attached hydrogens (tertiary/aromatic N) is 3. The molecule has 1 saturated carbocycles. The maximum absolute atomic E-state index is 13.4. The van der Waals surface area contributed by atoms with Crippen molar-refractivity contribution in [2.45, 2.75) is 82.7 Å². The topological polar surface area (TPSA) is 90.0 Å². The first-order chi connectivity index (χ1) is 16.7. The zero-order chi connectivity index (χ0) is 25.2. The fourth-order valence-corrected chi connectivity index (χ4v) is 7.04. The van der Waals surface area contributed by atoms with Crippen molar-refractivity contribution in [2.75, 3.05) is 37.6 Å². The van der Waals surface area contributed by atoms with Crippen molar-refractivity contribution in [2.24, 2.45) is 5.92 Å². The molecule has 0 spiro atoms. The summed E-state index contributed by atoms with van der Waals surface area (Å²) in [5.74, 6) is -0.292. The number of anilines is 1. The van der Waals surface area contributed by atoms with Crippen molar-refractivity contribution in [1.82, 2.24) is 14.5 Å². The van der Waals surface area contributed by atoms with E-state index in [-0.39, 0.29) is 22.6 Å². The van der Waals surface area contributed by atoms with Crippen molar-refractivity contribution >= 4 is 27.5 Å². The van der Waals surface area contributed by atoms with Gasteiger partial charge in [0, 0.05) is 50.9 Å². The van der Waals surface area contributed by atoms with Crippen LogP contribution in [0.2, 0.25) is 0 Å². The average molecular weight is 505 g/mol. The Labute approximate surface area is 210 Å². The summed E-state index contributed by atoms with van der Waals surface area (Å²) >= 11 is 0. The standard InChI is InChI=1S/C26H40N4O4S/c1-4-24(31)30-13-12-20-18-22(10-11-23(20)30)35(33,34)27-25(19(2)3)26(32)29-16-14-28(15-17-29)21-8-6-5-7-9-21/h10-11,18-19,21,25,27H,4-9,12-17H2,1-3H3. The first-order valence-electron chi connectivity index (χ1n) is 13.2. The number of hydrogen-bond donors (Lipinski definition) is 1. The van der Waals surface area contributed by atoms with Gasteiger partial charge in [-0.15, -0.1) is 0 Å². The summed E-state index contributed by atoms with van der Waals surface area (Å²) in [7, 11) is -3.89. The molecule has 35 heavy (non-hydrogen) atoms. The highest BCUT2D eigenvalue weighted by Crippen LogP contribution is 2.31. The minimum atomic E-state index is -3.89. The lowest BCUT2D eigenvalue weighted by Gasteiger charge is -2.41. The summed E-state index contributed by atoms with van der Waals surface area (Å²) in [5.41, 5.74) is 1.63. The van der Waals surface area contributed by atoms with Gasteiger partial charge in [-0.3, -0.25) is 14.5 Å². The molecule has 2 aliphatic heterocycles. The second-order valence-electron chi connectivity index (χ2n) is 10.4. The molecule has 194 valence electrons. The van der Waals surface area contributed by atoms with E-state index in [9.17, 15) is 18.0 Å². The molecule has 1 atom stereocenters. The molecule has 0 radical (unpaired) electrons. The Kier molecular flexibility index (Phi) is 8.18. The van der Waals surface area contributed by atoms with Crippen LogP contribution in [0.1, 0.15) is 64.9 Å². The summed E-state index contributed by atoms with van der Waals surface area (Å²) < 4.78 is 29.3. The molecule has 8 nitrogen and oxygen atoms in total. The van der Waals surface area contributed by atoms with E-state index < -0.39 is 16.1 Å². The van der Waals surface area contributed by atoms with Gasteiger partial charge in [0.05, 0.1) is 4.90 Å². The lowest BCUT2D eigenvalue weighted by molar-refractivity contribution is -0.136. The lowest BCUT2D eigenvalue weighted by atomic mass is 9.93. The smallest absolute Gasteiger partial charge is 0.241 e. The van der Waals surface area contributed by atoms with Crippen LogP contribution in [0.5, 0.6) is 0 Å². The fourth-order valence-electron chi connectivity index (χ4n) is 5.65. The minimum Gasteiger partial charge on any atom is -0.339 e. The third-order valence-corrected chi connectivity index (χ3v) is 9.23. The normalized spacial score (nSPS) is 20.8. The van der Waals surface area contributed by atoms with Gasteiger partial charge in [0.25, 0.3) is 0 Å². The number of carbonyl (C=O) groups is 2. The number of hydrogen-bond acceptors (Lipinski definition) is 5. The Balaban J connectivity index is 1.42. The molecule has 3 aliphatic rings. The van der Waals surface area contributed by atoms with E-state index in [2.05, 4.69) is 9.62 Å². The van der Waals surface area contributed by atoms with Crippen LogP contribution in [-0.2, 0) is 26.0 Å². The van der Waals surface area contributed by atoms with Gasteiger partial charge in [-0.1, -0.05) is 40.0 Å². The zero-order valence-corrected chi connectivity index (χ0v) is 22.1. The first kappa shape index (κ1) is 26.1. The highest BCUT2D eigenvalue weighted by atomic mass is 32.2. The van der Waals surface area contributed by atoms with Crippen LogP contribution in [0, 0.1) is 5.92 Å². The van der Waals surface area contributed by atoms with E-state index in [4.69, 9.17) is 0 Å². The van der Waals surface area contributed by atoms with E-state index in [0.29, 0.717) is 38.5 Å². The van der Waals surface area contributed by atoms with Crippen LogP contribution in [-0.4, -0.2) is 74.8 Å². The number of amides is 2. The zero-order valence-electron chi connectivity index (χ0n) is 21.3.